The van der Waals surface area contributed by atoms with Crippen molar-refractivity contribution in [1.29, 1.82) is 0 Å². The first-order chi connectivity index (χ1) is 17.3. The van der Waals surface area contributed by atoms with Gasteiger partial charge >= 0.3 is 5.97 Å². The molecule has 3 N–H and O–H groups in total. The van der Waals surface area contributed by atoms with E-state index in [4.69, 9.17) is 4.74 Å². The number of nitro benzene ring substituents is 1. The molecule has 198 valence electrons. The van der Waals surface area contributed by atoms with Crippen LogP contribution in [-0.2, 0) is 19.7 Å². The van der Waals surface area contributed by atoms with Gasteiger partial charge in [-0.05, 0) is 37.4 Å². The topological polar surface area (TPSA) is 191 Å². The van der Waals surface area contributed by atoms with Crippen LogP contribution in [0.15, 0.2) is 47.6 Å². The van der Waals surface area contributed by atoms with E-state index in [2.05, 4.69) is 19.4 Å². The van der Waals surface area contributed by atoms with Crippen LogP contribution in [-0.4, -0.2) is 62.9 Å². The maximum absolute atomic E-state index is 12.8. The fraction of sp³-hybridized carbons (Fsp3) is 0.273. The molecule has 0 aliphatic rings. The molecule has 3 aromatic rings. The molecule has 2 aromatic carbocycles. The summed E-state index contributed by atoms with van der Waals surface area (Å²) in [6.45, 7) is 3.73. The van der Waals surface area contributed by atoms with E-state index in [-0.39, 0.29) is 41.0 Å². The number of aromatic nitrogens is 2. The van der Waals surface area contributed by atoms with Crippen molar-refractivity contribution >= 4 is 53.5 Å². The number of fused-ring (bicyclic) bond motifs is 1. The zero-order valence-electron chi connectivity index (χ0n) is 20.1. The fourth-order valence-corrected chi connectivity index (χ4v) is 6.69. The van der Waals surface area contributed by atoms with E-state index in [0.29, 0.717) is 16.7 Å². The summed E-state index contributed by atoms with van der Waals surface area (Å²) in [6, 6.07) is 7.06. The van der Waals surface area contributed by atoms with Crippen molar-refractivity contribution in [3.8, 4) is 5.75 Å². The molecule has 1 aromatic heterocycles. The Balaban J connectivity index is 1.75. The number of nitro groups is 1. The Morgan fingerprint density at radius 2 is 1.86 bits per heavy atom. The van der Waals surface area contributed by atoms with Crippen LogP contribution in [0.4, 0.5) is 11.5 Å². The van der Waals surface area contributed by atoms with E-state index in [9.17, 15) is 32.6 Å². The summed E-state index contributed by atoms with van der Waals surface area (Å²) in [5.41, 5.74) is 0.0515. The number of ether oxygens (including phenoxy) is 1. The zero-order valence-corrected chi connectivity index (χ0v) is 21.7. The molecule has 0 aliphatic carbocycles. The van der Waals surface area contributed by atoms with Gasteiger partial charge in [-0.15, -0.1) is 4.13 Å². The van der Waals surface area contributed by atoms with Crippen molar-refractivity contribution in [3.63, 3.8) is 0 Å². The molecule has 0 saturated carbocycles. The molecular formula is C22H25N5O8S2. The number of carbonyl (C=O) groups is 1. The van der Waals surface area contributed by atoms with Crippen LogP contribution >= 0.6 is 0 Å². The van der Waals surface area contributed by atoms with E-state index in [0.717, 1.165) is 24.3 Å². The number of aromatic carboxylic acids is 1. The smallest absolute Gasteiger partial charge is 0.339 e. The van der Waals surface area contributed by atoms with Crippen molar-refractivity contribution in [3.05, 3.63) is 58.4 Å². The first-order valence-corrected chi connectivity index (χ1v) is 14.3. The molecule has 3 rings (SSSR count). The predicted octanol–water partition coefficient (Wildman–Crippen LogP) is 2.44. The number of carboxylic acids is 1. The minimum Gasteiger partial charge on any atom is -0.492 e. The monoisotopic (exact) mass is 551 g/mol. The summed E-state index contributed by atoms with van der Waals surface area (Å²) in [4.78, 5) is 30.0. The van der Waals surface area contributed by atoms with Crippen molar-refractivity contribution < 1.29 is 32.2 Å². The highest BCUT2D eigenvalue weighted by molar-refractivity contribution is 8.09. The molecule has 37 heavy (non-hydrogen) atoms. The van der Waals surface area contributed by atoms with E-state index < -0.39 is 30.6 Å². The molecule has 1 atom stereocenters. The first kappa shape index (κ1) is 27.8. The van der Waals surface area contributed by atoms with Gasteiger partial charge in [-0.1, -0.05) is 0 Å². The third-order valence-corrected chi connectivity index (χ3v) is 8.80. The van der Waals surface area contributed by atoms with Gasteiger partial charge in [-0.3, -0.25) is 14.3 Å². The number of nitrogens with zero attached hydrogens (tertiary/aromatic N) is 3. The van der Waals surface area contributed by atoms with Crippen LogP contribution in [0.5, 0.6) is 5.75 Å². The summed E-state index contributed by atoms with van der Waals surface area (Å²) in [5, 5.41) is 25.3. The molecule has 13 nitrogen and oxygen atoms in total. The highest BCUT2D eigenvalue weighted by atomic mass is 32.3. The molecule has 0 spiro atoms. The van der Waals surface area contributed by atoms with Crippen molar-refractivity contribution in [2.24, 2.45) is 0 Å². The summed E-state index contributed by atoms with van der Waals surface area (Å²) in [6.07, 6.45) is 2.53. The second-order valence-corrected chi connectivity index (χ2v) is 12.5. The second-order valence-electron chi connectivity index (χ2n) is 8.24. The molecular weight excluding hydrogens is 526 g/mol. The van der Waals surface area contributed by atoms with Gasteiger partial charge in [0, 0.05) is 52.0 Å². The van der Waals surface area contributed by atoms with Crippen LogP contribution in [0, 0.1) is 10.1 Å². The number of sulfonamides is 1. The number of anilines is 1. The quantitative estimate of drug-likeness (QED) is 0.137. The normalized spacial score (nSPS) is 13.2. The number of hydrogen-bond acceptors (Lipinski definition) is 10. The van der Waals surface area contributed by atoms with Gasteiger partial charge in [-0.25, -0.2) is 23.2 Å². The van der Waals surface area contributed by atoms with Gasteiger partial charge in [0.25, 0.3) is 15.7 Å². The van der Waals surface area contributed by atoms with E-state index >= 15 is 0 Å². The molecule has 1 heterocycles. The molecule has 15 heteroatoms. The molecule has 0 fully saturated rings. The van der Waals surface area contributed by atoms with Gasteiger partial charge in [0.2, 0.25) is 0 Å². The fourth-order valence-electron chi connectivity index (χ4n) is 3.25. The summed E-state index contributed by atoms with van der Waals surface area (Å²) in [5.74, 6) is -0.708. The first-order valence-electron chi connectivity index (χ1n) is 10.8. The van der Waals surface area contributed by atoms with Crippen LogP contribution in [0.3, 0.4) is 0 Å². The van der Waals surface area contributed by atoms with E-state index in [1.807, 2.05) is 13.8 Å². The Bertz CT molecular complexity index is 1560. The molecule has 1 unspecified atom stereocenters. The van der Waals surface area contributed by atoms with Crippen LogP contribution in [0.25, 0.3) is 10.9 Å². The zero-order chi connectivity index (χ0) is 27.4. The lowest BCUT2D eigenvalue weighted by Crippen LogP contribution is -2.31. The largest absolute Gasteiger partial charge is 0.492 e. The highest BCUT2D eigenvalue weighted by Gasteiger charge is 2.19. The Kier molecular flexibility index (Phi) is 8.30. The molecule has 0 bridgehead atoms. The van der Waals surface area contributed by atoms with Gasteiger partial charge in [0.05, 0.1) is 21.9 Å². The third kappa shape index (κ3) is 7.12. The molecule has 0 amide bonds. The van der Waals surface area contributed by atoms with Gasteiger partial charge in [0.15, 0.2) is 0 Å². The average molecular weight is 552 g/mol. The summed E-state index contributed by atoms with van der Waals surface area (Å²) >= 11 is 0. The second kappa shape index (κ2) is 11.1. The SMILES string of the molecule is CC(C)Nc1ncnc2cc(OCCC=S(C)(=O)NS(=O)(=O)c3ccc([N+](=O)[O-])cc3)c(C(=O)O)cc12. The maximum atomic E-state index is 12.8. The molecule has 0 aliphatic heterocycles. The van der Waals surface area contributed by atoms with Crippen LogP contribution in [0.1, 0.15) is 30.6 Å². The number of benzene rings is 2. The van der Waals surface area contributed by atoms with Crippen molar-refractivity contribution in [2.45, 2.75) is 31.2 Å². The predicted molar refractivity (Wildman–Crippen MR) is 139 cm³/mol. The summed E-state index contributed by atoms with van der Waals surface area (Å²) < 4.78 is 45.6. The molecule has 0 saturated heterocycles. The van der Waals surface area contributed by atoms with Crippen molar-refractivity contribution in [2.75, 3.05) is 18.2 Å². The number of carboxylic acid groups (broad SMARTS) is 1. The van der Waals surface area contributed by atoms with Crippen LogP contribution < -0.4 is 14.2 Å². The number of nitrogens with one attached hydrogen (secondary N) is 2. The Morgan fingerprint density at radius 3 is 2.46 bits per heavy atom. The lowest BCUT2D eigenvalue weighted by atomic mass is 10.1. The lowest BCUT2D eigenvalue weighted by Gasteiger charge is -2.14. The van der Waals surface area contributed by atoms with Crippen LogP contribution in [0.2, 0.25) is 0 Å². The average Bonchev–Trinajstić information content (AvgIpc) is 2.80. The highest BCUT2D eigenvalue weighted by Crippen LogP contribution is 2.29. The number of rotatable bonds is 11. The Morgan fingerprint density at radius 1 is 1.19 bits per heavy atom. The number of hydrogen-bond donors (Lipinski definition) is 3. The minimum absolute atomic E-state index is 0.0130. The van der Waals surface area contributed by atoms with Gasteiger partial charge in [-0.2, -0.15) is 0 Å². The van der Waals surface area contributed by atoms with Crippen molar-refractivity contribution in [1.82, 2.24) is 14.1 Å². The minimum atomic E-state index is -4.22. The molecule has 0 radical (unpaired) electrons. The number of non-ortho nitro benzene ring substituents is 1. The van der Waals surface area contributed by atoms with E-state index in [1.54, 1.807) is 0 Å². The van der Waals surface area contributed by atoms with Gasteiger partial charge in [0.1, 0.15) is 23.5 Å². The standard InChI is InChI=1S/C22H25N5O8S2/c1-14(2)25-21-17-11-18(22(28)29)20(12-19(17)23-13-24-21)35-9-4-10-36(3,32)26-37(33,34)16-7-5-15(6-8-16)27(30)31/h5-8,10-14H,4,9H2,1-3H3,(H,26,32)(H,28,29)(H,23,24,25). The van der Waals surface area contributed by atoms with E-state index in [1.165, 1.54) is 30.1 Å². The lowest BCUT2D eigenvalue weighted by molar-refractivity contribution is -0.384. The third-order valence-electron chi connectivity index (χ3n) is 4.84. The Hall–Kier alpha value is -3.82. The summed E-state index contributed by atoms with van der Waals surface area (Å²) in [7, 11) is -7.44. The van der Waals surface area contributed by atoms with Gasteiger partial charge < -0.3 is 15.2 Å². The maximum Gasteiger partial charge on any atom is 0.339 e. The Labute approximate surface area is 213 Å².